The molecule has 0 saturated heterocycles. The molecule has 2 N–H and O–H groups in total. The Morgan fingerprint density at radius 3 is 2.53 bits per heavy atom. The van der Waals surface area contributed by atoms with Crippen LogP contribution in [0.15, 0.2) is 0 Å². The fourth-order valence-electron chi connectivity index (χ4n) is 2.24. The molecule has 15 heavy (non-hydrogen) atoms. The number of ether oxygens (including phenoxy) is 1. The molecule has 3 nitrogen and oxygen atoms in total. The van der Waals surface area contributed by atoms with Crippen LogP contribution in [0.3, 0.4) is 0 Å². The van der Waals surface area contributed by atoms with Crippen LogP contribution >= 0.6 is 0 Å². The molecule has 1 saturated carbocycles. The van der Waals surface area contributed by atoms with Gasteiger partial charge in [0.05, 0.1) is 12.0 Å². The molecule has 1 rings (SSSR count). The van der Waals surface area contributed by atoms with E-state index in [-0.39, 0.29) is 24.0 Å². The Morgan fingerprint density at radius 2 is 2.07 bits per heavy atom. The second kappa shape index (κ2) is 5.50. The highest BCUT2D eigenvalue weighted by Crippen LogP contribution is 2.26. The van der Waals surface area contributed by atoms with E-state index in [4.69, 9.17) is 10.5 Å². The van der Waals surface area contributed by atoms with Gasteiger partial charge in [-0.3, -0.25) is 4.79 Å². The SMILES string of the molecule is CC(C)CC(C)OC(=O)C1CCC(N)C1. The Morgan fingerprint density at radius 1 is 1.40 bits per heavy atom. The van der Waals surface area contributed by atoms with Crippen LogP contribution in [0.25, 0.3) is 0 Å². The summed E-state index contributed by atoms with van der Waals surface area (Å²) in [4.78, 5) is 11.7. The average Bonchev–Trinajstić information content (AvgIpc) is 2.49. The highest BCUT2D eigenvalue weighted by Gasteiger charge is 2.29. The van der Waals surface area contributed by atoms with Crippen LogP contribution in [0.1, 0.15) is 46.5 Å². The summed E-state index contributed by atoms with van der Waals surface area (Å²) in [6, 6.07) is 0.197. The van der Waals surface area contributed by atoms with Gasteiger partial charge in [0.15, 0.2) is 0 Å². The highest BCUT2D eigenvalue weighted by molar-refractivity contribution is 5.73. The lowest BCUT2D eigenvalue weighted by Gasteiger charge is -2.17. The summed E-state index contributed by atoms with van der Waals surface area (Å²) in [6.45, 7) is 6.23. The first-order valence-electron chi connectivity index (χ1n) is 5.95. The van der Waals surface area contributed by atoms with Crippen molar-refractivity contribution >= 4 is 5.97 Å². The monoisotopic (exact) mass is 213 g/mol. The van der Waals surface area contributed by atoms with Crippen LogP contribution in [0, 0.1) is 11.8 Å². The zero-order chi connectivity index (χ0) is 11.4. The summed E-state index contributed by atoms with van der Waals surface area (Å²) in [7, 11) is 0. The molecule has 0 aromatic carbocycles. The predicted molar refractivity (Wildman–Crippen MR) is 60.3 cm³/mol. The Labute approximate surface area is 92.4 Å². The maximum absolute atomic E-state index is 11.7. The van der Waals surface area contributed by atoms with Crippen molar-refractivity contribution in [1.82, 2.24) is 0 Å². The molecule has 1 aliphatic carbocycles. The second-order valence-electron chi connectivity index (χ2n) is 5.15. The molecule has 0 aromatic rings. The average molecular weight is 213 g/mol. The Hall–Kier alpha value is -0.570. The molecule has 0 aromatic heterocycles. The van der Waals surface area contributed by atoms with Crippen molar-refractivity contribution in [1.29, 1.82) is 0 Å². The van der Waals surface area contributed by atoms with E-state index in [2.05, 4.69) is 13.8 Å². The van der Waals surface area contributed by atoms with Crippen LogP contribution in [-0.4, -0.2) is 18.1 Å². The first kappa shape index (κ1) is 12.5. The minimum atomic E-state index is -0.0453. The van der Waals surface area contributed by atoms with Gasteiger partial charge in [0, 0.05) is 6.04 Å². The molecule has 0 radical (unpaired) electrons. The van der Waals surface area contributed by atoms with Gasteiger partial charge in [0.2, 0.25) is 0 Å². The fourth-order valence-corrected chi connectivity index (χ4v) is 2.24. The van der Waals surface area contributed by atoms with Gasteiger partial charge < -0.3 is 10.5 Å². The number of hydrogen-bond donors (Lipinski definition) is 1. The molecule has 0 amide bonds. The summed E-state index contributed by atoms with van der Waals surface area (Å²) >= 11 is 0. The lowest BCUT2D eigenvalue weighted by molar-refractivity contribution is -0.153. The standard InChI is InChI=1S/C12H23NO2/c1-8(2)6-9(3)15-12(14)10-4-5-11(13)7-10/h8-11H,4-7,13H2,1-3H3. The number of carbonyl (C=O) groups excluding carboxylic acids is 1. The molecular weight excluding hydrogens is 190 g/mol. The molecule has 0 heterocycles. The number of carbonyl (C=O) groups is 1. The summed E-state index contributed by atoms with van der Waals surface area (Å²) in [6.07, 6.45) is 3.62. The van der Waals surface area contributed by atoms with E-state index in [9.17, 15) is 4.79 Å². The fraction of sp³-hybridized carbons (Fsp3) is 0.917. The molecule has 3 heteroatoms. The summed E-state index contributed by atoms with van der Waals surface area (Å²) in [5.74, 6) is 0.573. The summed E-state index contributed by atoms with van der Waals surface area (Å²) in [5.41, 5.74) is 5.77. The van der Waals surface area contributed by atoms with E-state index in [1.165, 1.54) is 0 Å². The number of esters is 1. The zero-order valence-corrected chi connectivity index (χ0v) is 10.0. The quantitative estimate of drug-likeness (QED) is 0.727. The van der Waals surface area contributed by atoms with Gasteiger partial charge in [-0.25, -0.2) is 0 Å². The lowest BCUT2D eigenvalue weighted by atomic mass is 10.1. The minimum Gasteiger partial charge on any atom is -0.462 e. The third-order valence-corrected chi connectivity index (χ3v) is 2.93. The molecular formula is C12H23NO2. The van der Waals surface area contributed by atoms with E-state index < -0.39 is 0 Å². The van der Waals surface area contributed by atoms with Crippen LogP contribution in [0.4, 0.5) is 0 Å². The Kier molecular flexibility index (Phi) is 4.58. The number of nitrogens with two attached hydrogens (primary N) is 1. The van der Waals surface area contributed by atoms with Gasteiger partial charge in [-0.1, -0.05) is 13.8 Å². The number of rotatable bonds is 4. The first-order valence-corrected chi connectivity index (χ1v) is 5.95. The first-order chi connectivity index (χ1) is 6.99. The third kappa shape index (κ3) is 4.20. The van der Waals surface area contributed by atoms with E-state index in [1.807, 2.05) is 6.92 Å². The minimum absolute atomic E-state index is 0.0364. The summed E-state index contributed by atoms with van der Waals surface area (Å²) in [5, 5.41) is 0. The van der Waals surface area contributed by atoms with Crippen molar-refractivity contribution in [3.8, 4) is 0 Å². The van der Waals surface area contributed by atoms with Gasteiger partial charge in [-0.15, -0.1) is 0 Å². The second-order valence-corrected chi connectivity index (χ2v) is 5.15. The van der Waals surface area contributed by atoms with Gasteiger partial charge in [0.25, 0.3) is 0 Å². The zero-order valence-electron chi connectivity index (χ0n) is 10.0. The van der Waals surface area contributed by atoms with Crippen LogP contribution in [-0.2, 0) is 9.53 Å². The highest BCUT2D eigenvalue weighted by atomic mass is 16.5. The van der Waals surface area contributed by atoms with Crippen molar-refractivity contribution < 1.29 is 9.53 Å². The molecule has 0 spiro atoms. The normalized spacial score (nSPS) is 28.1. The maximum Gasteiger partial charge on any atom is 0.309 e. The number of hydrogen-bond acceptors (Lipinski definition) is 3. The van der Waals surface area contributed by atoms with Gasteiger partial charge in [-0.2, -0.15) is 0 Å². The molecule has 1 aliphatic rings. The predicted octanol–water partition coefficient (Wildman–Crippen LogP) is 2.09. The molecule has 1 fully saturated rings. The van der Waals surface area contributed by atoms with Gasteiger partial charge >= 0.3 is 5.97 Å². The Balaban J connectivity index is 2.29. The molecule has 0 bridgehead atoms. The van der Waals surface area contributed by atoms with Gasteiger partial charge in [0.1, 0.15) is 0 Å². The van der Waals surface area contributed by atoms with Crippen molar-refractivity contribution in [2.75, 3.05) is 0 Å². The van der Waals surface area contributed by atoms with Crippen LogP contribution < -0.4 is 5.73 Å². The van der Waals surface area contributed by atoms with E-state index in [1.54, 1.807) is 0 Å². The van der Waals surface area contributed by atoms with E-state index in [0.717, 1.165) is 25.7 Å². The molecule has 0 aliphatic heterocycles. The van der Waals surface area contributed by atoms with Crippen molar-refractivity contribution in [3.05, 3.63) is 0 Å². The maximum atomic E-state index is 11.7. The molecule has 88 valence electrons. The Bertz CT molecular complexity index is 216. The van der Waals surface area contributed by atoms with Crippen molar-refractivity contribution in [3.63, 3.8) is 0 Å². The van der Waals surface area contributed by atoms with Crippen molar-refractivity contribution in [2.45, 2.75) is 58.6 Å². The van der Waals surface area contributed by atoms with Crippen molar-refractivity contribution in [2.24, 2.45) is 17.6 Å². The van der Waals surface area contributed by atoms with E-state index in [0.29, 0.717) is 5.92 Å². The smallest absolute Gasteiger partial charge is 0.309 e. The van der Waals surface area contributed by atoms with Crippen LogP contribution in [0.5, 0.6) is 0 Å². The molecule has 3 unspecified atom stereocenters. The third-order valence-electron chi connectivity index (χ3n) is 2.93. The lowest BCUT2D eigenvalue weighted by Crippen LogP contribution is -2.23. The van der Waals surface area contributed by atoms with Gasteiger partial charge in [-0.05, 0) is 38.5 Å². The molecule has 3 atom stereocenters. The van der Waals surface area contributed by atoms with E-state index >= 15 is 0 Å². The largest absolute Gasteiger partial charge is 0.462 e. The van der Waals surface area contributed by atoms with Crippen LogP contribution in [0.2, 0.25) is 0 Å². The summed E-state index contributed by atoms with van der Waals surface area (Å²) < 4.78 is 5.40. The topological polar surface area (TPSA) is 52.3 Å².